The summed E-state index contributed by atoms with van der Waals surface area (Å²) in [5.74, 6) is -3.29. The Morgan fingerprint density at radius 3 is 2.71 bits per heavy atom. The second-order valence-corrected chi connectivity index (χ2v) is 5.40. The molecule has 1 aliphatic rings. The third kappa shape index (κ3) is 4.04. The molecule has 0 aliphatic carbocycles. The summed E-state index contributed by atoms with van der Waals surface area (Å²) in [7, 11) is 0. The van der Waals surface area contributed by atoms with Gasteiger partial charge in [0.15, 0.2) is 5.17 Å². The number of aliphatic imine (C=N–C) groups is 1. The molecule has 1 saturated heterocycles. The minimum Gasteiger partial charge on any atom is -0.360 e. The van der Waals surface area contributed by atoms with Crippen molar-refractivity contribution in [2.24, 2.45) is 4.99 Å². The van der Waals surface area contributed by atoms with E-state index in [9.17, 15) is 17.6 Å². The van der Waals surface area contributed by atoms with Crippen molar-refractivity contribution in [3.05, 3.63) is 0 Å². The average Bonchev–Trinajstić information content (AvgIpc) is 2.27. The van der Waals surface area contributed by atoms with Crippen LogP contribution in [0.5, 0.6) is 0 Å². The fourth-order valence-corrected chi connectivity index (χ4v) is 2.55. The first kappa shape index (κ1) is 14.6. The van der Waals surface area contributed by atoms with Gasteiger partial charge in [-0.15, -0.1) is 0 Å². The van der Waals surface area contributed by atoms with Crippen molar-refractivity contribution in [3.63, 3.8) is 0 Å². The first-order chi connectivity index (χ1) is 7.79. The van der Waals surface area contributed by atoms with E-state index in [1.807, 2.05) is 13.8 Å². The zero-order valence-electron chi connectivity index (χ0n) is 9.77. The molecule has 0 aromatic carbocycles. The van der Waals surface area contributed by atoms with Crippen LogP contribution in [0, 0.1) is 0 Å². The summed E-state index contributed by atoms with van der Waals surface area (Å²) < 4.78 is 49.2. The Bertz CT molecular complexity index is 296. The fraction of sp³-hybridized carbons (Fsp3) is 0.900. The second-order valence-electron chi connectivity index (χ2n) is 4.32. The largest absolute Gasteiger partial charge is 0.360 e. The van der Waals surface area contributed by atoms with Gasteiger partial charge in [-0.2, -0.15) is 8.78 Å². The van der Waals surface area contributed by atoms with Gasteiger partial charge in [0.2, 0.25) is 0 Å². The maximum absolute atomic E-state index is 12.7. The molecule has 2 nitrogen and oxygen atoms in total. The van der Waals surface area contributed by atoms with E-state index in [4.69, 9.17) is 0 Å². The Morgan fingerprint density at radius 2 is 2.18 bits per heavy atom. The van der Waals surface area contributed by atoms with Crippen LogP contribution in [0.1, 0.15) is 26.7 Å². The van der Waals surface area contributed by atoms with Gasteiger partial charge in [-0.25, -0.2) is 8.78 Å². The maximum atomic E-state index is 12.7. The number of hydrogen-bond donors (Lipinski definition) is 1. The van der Waals surface area contributed by atoms with E-state index >= 15 is 0 Å². The normalized spacial score (nSPS) is 28.5. The van der Waals surface area contributed by atoms with Gasteiger partial charge in [0, 0.05) is 11.3 Å². The van der Waals surface area contributed by atoms with Crippen molar-refractivity contribution in [1.29, 1.82) is 0 Å². The van der Waals surface area contributed by atoms with Gasteiger partial charge in [-0.3, -0.25) is 4.99 Å². The van der Waals surface area contributed by atoms with Crippen LogP contribution in [0.4, 0.5) is 17.6 Å². The molecule has 0 radical (unpaired) electrons. The Labute approximate surface area is 102 Å². The molecule has 0 amide bonds. The highest BCUT2D eigenvalue weighted by Crippen LogP contribution is 2.27. The Hall–Kier alpha value is -0.460. The van der Waals surface area contributed by atoms with Crippen molar-refractivity contribution in [2.45, 2.75) is 44.6 Å². The minimum absolute atomic E-state index is 0.176. The molecule has 1 aliphatic heterocycles. The van der Waals surface area contributed by atoms with E-state index in [0.29, 0.717) is 5.17 Å². The highest BCUT2D eigenvalue weighted by Gasteiger charge is 2.40. The van der Waals surface area contributed by atoms with Gasteiger partial charge in [0.25, 0.3) is 0 Å². The molecule has 0 saturated carbocycles. The number of hydrogen-bond acceptors (Lipinski definition) is 2. The summed E-state index contributed by atoms with van der Waals surface area (Å²) in [6.45, 7) is 2.78. The van der Waals surface area contributed by atoms with E-state index in [1.54, 1.807) is 0 Å². The Balaban J connectivity index is 2.61. The third-order valence-electron chi connectivity index (χ3n) is 2.83. The fourth-order valence-electron chi connectivity index (χ4n) is 1.33. The number of thioether (sulfide) groups is 1. The molecule has 0 bridgehead atoms. The molecule has 1 rings (SSSR count). The zero-order valence-corrected chi connectivity index (χ0v) is 10.6. The van der Waals surface area contributed by atoms with Crippen LogP contribution in [-0.4, -0.2) is 35.4 Å². The van der Waals surface area contributed by atoms with Crippen molar-refractivity contribution < 1.29 is 17.6 Å². The number of amidine groups is 1. The summed E-state index contributed by atoms with van der Waals surface area (Å²) in [4.78, 5) is 3.56. The van der Waals surface area contributed by atoms with Crippen molar-refractivity contribution in [2.75, 3.05) is 12.3 Å². The first-order valence-corrected chi connectivity index (χ1v) is 6.39. The van der Waals surface area contributed by atoms with Crippen LogP contribution in [-0.2, 0) is 0 Å². The maximum Gasteiger partial charge on any atom is 0.326 e. The van der Waals surface area contributed by atoms with Gasteiger partial charge >= 0.3 is 12.3 Å². The molecule has 1 atom stereocenters. The molecule has 17 heavy (non-hydrogen) atoms. The monoisotopic (exact) mass is 272 g/mol. The topological polar surface area (TPSA) is 24.4 Å². The molecular formula is C10H16F4N2S. The van der Waals surface area contributed by atoms with Crippen molar-refractivity contribution in [1.82, 2.24) is 5.32 Å². The van der Waals surface area contributed by atoms with Crippen molar-refractivity contribution >= 4 is 16.9 Å². The lowest BCUT2D eigenvalue weighted by Gasteiger charge is -2.35. The Morgan fingerprint density at radius 1 is 1.53 bits per heavy atom. The molecule has 100 valence electrons. The molecule has 1 N–H and O–H groups in total. The molecule has 7 heteroatoms. The van der Waals surface area contributed by atoms with Gasteiger partial charge in [-0.1, -0.05) is 18.7 Å². The predicted octanol–water partition coefficient (Wildman–Crippen LogP) is 3.14. The van der Waals surface area contributed by atoms with Crippen LogP contribution < -0.4 is 5.32 Å². The van der Waals surface area contributed by atoms with E-state index < -0.39 is 18.9 Å². The second kappa shape index (κ2) is 5.46. The number of halogens is 4. The van der Waals surface area contributed by atoms with Gasteiger partial charge in [-0.05, 0) is 19.8 Å². The molecule has 1 fully saturated rings. The lowest BCUT2D eigenvalue weighted by Crippen LogP contribution is -2.48. The SMILES string of the molecule is CCC1(C)CCSC(=NCC(F)(F)C(F)F)N1. The molecule has 0 spiro atoms. The van der Waals surface area contributed by atoms with Gasteiger partial charge in [0.1, 0.15) is 6.54 Å². The van der Waals surface area contributed by atoms with Crippen LogP contribution in [0.3, 0.4) is 0 Å². The van der Waals surface area contributed by atoms with Crippen LogP contribution in [0.25, 0.3) is 0 Å². The predicted molar refractivity (Wildman–Crippen MR) is 62.2 cm³/mol. The zero-order chi connectivity index (χ0) is 13.1. The number of alkyl halides is 4. The van der Waals surface area contributed by atoms with Crippen LogP contribution in [0.15, 0.2) is 4.99 Å². The molecule has 1 heterocycles. The lowest BCUT2D eigenvalue weighted by molar-refractivity contribution is -0.119. The smallest absolute Gasteiger partial charge is 0.326 e. The van der Waals surface area contributed by atoms with E-state index in [1.165, 1.54) is 11.8 Å². The van der Waals surface area contributed by atoms with Gasteiger partial charge in [0.05, 0.1) is 0 Å². The summed E-state index contributed by atoms with van der Waals surface area (Å²) in [5.41, 5.74) is -0.176. The van der Waals surface area contributed by atoms with E-state index in [0.717, 1.165) is 18.6 Å². The number of nitrogens with one attached hydrogen (secondary N) is 1. The number of rotatable bonds is 4. The summed E-state index contributed by atoms with van der Waals surface area (Å²) in [5, 5.41) is 3.36. The minimum atomic E-state index is -4.05. The lowest BCUT2D eigenvalue weighted by atomic mass is 9.96. The quantitative estimate of drug-likeness (QED) is 0.795. The average molecular weight is 272 g/mol. The molecule has 0 aromatic rings. The summed E-state index contributed by atoms with van der Waals surface area (Å²) in [6.07, 6.45) is -1.94. The van der Waals surface area contributed by atoms with E-state index in [2.05, 4.69) is 10.3 Å². The Kier molecular flexibility index (Phi) is 4.69. The van der Waals surface area contributed by atoms with Crippen LogP contribution >= 0.6 is 11.8 Å². The third-order valence-corrected chi connectivity index (χ3v) is 3.75. The molecule has 0 aromatic heterocycles. The standard InChI is InChI=1S/C10H16F4N2S/c1-3-9(2)4-5-17-8(16-9)15-6-10(13,14)7(11)12/h7H,3-6H2,1-2H3,(H,15,16). The first-order valence-electron chi connectivity index (χ1n) is 5.40. The van der Waals surface area contributed by atoms with Crippen molar-refractivity contribution in [3.8, 4) is 0 Å². The van der Waals surface area contributed by atoms with Crippen LogP contribution in [0.2, 0.25) is 0 Å². The summed E-state index contributed by atoms with van der Waals surface area (Å²) in [6, 6.07) is 0. The molecule has 1 unspecified atom stereocenters. The molecular weight excluding hydrogens is 256 g/mol. The van der Waals surface area contributed by atoms with E-state index in [-0.39, 0.29) is 5.54 Å². The number of nitrogens with zero attached hydrogens (tertiary/aromatic N) is 1. The highest BCUT2D eigenvalue weighted by atomic mass is 32.2. The van der Waals surface area contributed by atoms with Gasteiger partial charge < -0.3 is 5.32 Å². The highest BCUT2D eigenvalue weighted by molar-refractivity contribution is 8.13. The summed E-state index contributed by atoms with van der Waals surface area (Å²) >= 11 is 1.29.